The molecule has 0 aromatic rings. The molecular weight excluding hydrogens is 208 g/mol. The molecule has 1 spiro atoms. The van der Waals surface area contributed by atoms with Crippen molar-refractivity contribution in [2.45, 2.75) is 70.4 Å². The van der Waals surface area contributed by atoms with Gasteiger partial charge in [0.25, 0.3) is 0 Å². The van der Waals surface area contributed by atoms with Crippen LogP contribution >= 0.6 is 0 Å². The summed E-state index contributed by atoms with van der Waals surface area (Å²) < 4.78 is 0. The van der Waals surface area contributed by atoms with E-state index in [1.165, 1.54) is 71.0 Å². The summed E-state index contributed by atoms with van der Waals surface area (Å²) in [4.78, 5) is 2.72. The maximum Gasteiger partial charge on any atom is 0.0192 e. The standard InChI is InChI=1S/C15H28N2/c1-13(12-16-14-4-5-14)17-10-8-15(9-11-17)6-2-3-7-15/h13-14,16H,2-12H2,1H3. The lowest BCUT2D eigenvalue weighted by molar-refractivity contribution is 0.0810. The molecule has 0 amide bonds. The number of rotatable bonds is 4. The molecule has 1 unspecified atom stereocenters. The lowest BCUT2D eigenvalue weighted by atomic mass is 9.77. The van der Waals surface area contributed by atoms with E-state index in [0.717, 1.165) is 17.5 Å². The predicted molar refractivity (Wildman–Crippen MR) is 72.2 cm³/mol. The van der Waals surface area contributed by atoms with E-state index in [0.29, 0.717) is 0 Å². The summed E-state index contributed by atoms with van der Waals surface area (Å²) in [6.07, 6.45) is 11.8. The number of nitrogens with zero attached hydrogens (tertiary/aromatic N) is 1. The molecule has 98 valence electrons. The number of nitrogens with one attached hydrogen (secondary N) is 1. The molecule has 2 aliphatic carbocycles. The van der Waals surface area contributed by atoms with E-state index < -0.39 is 0 Å². The molecule has 1 aliphatic heterocycles. The molecule has 1 heterocycles. The van der Waals surface area contributed by atoms with Gasteiger partial charge in [-0.3, -0.25) is 4.90 Å². The third-order valence-electron chi connectivity index (χ3n) is 5.43. The van der Waals surface area contributed by atoms with Gasteiger partial charge in [0.15, 0.2) is 0 Å². The van der Waals surface area contributed by atoms with Crippen LogP contribution in [0.5, 0.6) is 0 Å². The first kappa shape index (κ1) is 12.0. The molecule has 3 fully saturated rings. The lowest BCUT2D eigenvalue weighted by Crippen LogP contribution is -2.47. The summed E-state index contributed by atoms with van der Waals surface area (Å²) >= 11 is 0. The molecule has 1 N–H and O–H groups in total. The van der Waals surface area contributed by atoms with Crippen LogP contribution in [-0.4, -0.2) is 36.6 Å². The summed E-state index contributed by atoms with van der Waals surface area (Å²) in [6.45, 7) is 6.32. The van der Waals surface area contributed by atoms with E-state index >= 15 is 0 Å². The normalized spacial score (nSPS) is 30.9. The first-order valence-corrected chi connectivity index (χ1v) is 7.75. The molecule has 1 atom stereocenters. The van der Waals surface area contributed by atoms with Gasteiger partial charge in [0.05, 0.1) is 0 Å². The fourth-order valence-corrected chi connectivity index (χ4v) is 3.82. The molecule has 2 nitrogen and oxygen atoms in total. The smallest absolute Gasteiger partial charge is 0.0192 e. The minimum atomic E-state index is 0.745. The van der Waals surface area contributed by atoms with Crippen LogP contribution in [0.25, 0.3) is 0 Å². The van der Waals surface area contributed by atoms with Gasteiger partial charge in [-0.1, -0.05) is 12.8 Å². The molecule has 0 radical (unpaired) electrons. The average molecular weight is 236 g/mol. The largest absolute Gasteiger partial charge is 0.312 e. The number of piperidine rings is 1. The quantitative estimate of drug-likeness (QED) is 0.807. The summed E-state index contributed by atoms with van der Waals surface area (Å²) in [7, 11) is 0. The molecule has 17 heavy (non-hydrogen) atoms. The Labute approximate surface area is 106 Å². The first-order chi connectivity index (χ1) is 8.27. The van der Waals surface area contributed by atoms with Crippen molar-refractivity contribution in [3.8, 4) is 0 Å². The van der Waals surface area contributed by atoms with Crippen molar-refractivity contribution in [1.82, 2.24) is 10.2 Å². The van der Waals surface area contributed by atoms with Crippen molar-refractivity contribution in [3.05, 3.63) is 0 Å². The van der Waals surface area contributed by atoms with Gasteiger partial charge >= 0.3 is 0 Å². The van der Waals surface area contributed by atoms with E-state index in [1.807, 2.05) is 0 Å². The number of likely N-dealkylation sites (tertiary alicyclic amines) is 1. The molecule has 0 aromatic carbocycles. The van der Waals surface area contributed by atoms with E-state index in [1.54, 1.807) is 0 Å². The number of hydrogen-bond acceptors (Lipinski definition) is 2. The second-order valence-electron chi connectivity index (χ2n) is 6.77. The van der Waals surface area contributed by atoms with Crippen LogP contribution in [-0.2, 0) is 0 Å². The van der Waals surface area contributed by atoms with Crippen molar-refractivity contribution in [1.29, 1.82) is 0 Å². The molecule has 0 bridgehead atoms. The molecule has 0 aromatic heterocycles. The summed E-state index contributed by atoms with van der Waals surface area (Å²) in [5.41, 5.74) is 0.778. The molecule has 3 rings (SSSR count). The van der Waals surface area contributed by atoms with Gasteiger partial charge < -0.3 is 5.32 Å². The van der Waals surface area contributed by atoms with E-state index in [2.05, 4.69) is 17.1 Å². The Bertz CT molecular complexity index is 244. The van der Waals surface area contributed by atoms with Crippen molar-refractivity contribution >= 4 is 0 Å². The average Bonchev–Trinajstić information content (AvgIpc) is 3.09. The van der Waals surface area contributed by atoms with Crippen molar-refractivity contribution < 1.29 is 0 Å². The Kier molecular flexibility index (Phi) is 3.45. The van der Waals surface area contributed by atoms with E-state index in [9.17, 15) is 0 Å². The fraction of sp³-hybridized carbons (Fsp3) is 1.00. The Hall–Kier alpha value is -0.0800. The second kappa shape index (κ2) is 4.89. The van der Waals surface area contributed by atoms with Gasteiger partial charge in [0.1, 0.15) is 0 Å². The van der Waals surface area contributed by atoms with Crippen LogP contribution < -0.4 is 5.32 Å². The van der Waals surface area contributed by atoms with Gasteiger partial charge in [-0.05, 0) is 64.0 Å². The Balaban J connectivity index is 1.43. The molecule has 2 saturated carbocycles. The summed E-state index contributed by atoms with van der Waals surface area (Å²) in [5.74, 6) is 0. The van der Waals surface area contributed by atoms with E-state index in [4.69, 9.17) is 0 Å². The third-order valence-corrected chi connectivity index (χ3v) is 5.43. The van der Waals surface area contributed by atoms with Crippen molar-refractivity contribution in [2.24, 2.45) is 5.41 Å². The summed E-state index contributed by atoms with van der Waals surface area (Å²) in [6, 6.07) is 1.61. The topological polar surface area (TPSA) is 15.3 Å². The van der Waals surface area contributed by atoms with Crippen molar-refractivity contribution in [2.75, 3.05) is 19.6 Å². The van der Waals surface area contributed by atoms with E-state index in [-0.39, 0.29) is 0 Å². The highest BCUT2D eigenvalue weighted by Gasteiger charge is 2.37. The molecule has 1 saturated heterocycles. The Morgan fingerprint density at radius 1 is 1.12 bits per heavy atom. The van der Waals surface area contributed by atoms with Gasteiger partial charge in [-0.15, -0.1) is 0 Å². The molecule has 2 heteroatoms. The molecule has 3 aliphatic rings. The zero-order valence-electron chi connectivity index (χ0n) is 11.4. The lowest BCUT2D eigenvalue weighted by Gasteiger charge is -2.42. The van der Waals surface area contributed by atoms with Crippen LogP contribution in [0.1, 0.15) is 58.3 Å². The van der Waals surface area contributed by atoms with Gasteiger partial charge in [-0.25, -0.2) is 0 Å². The SMILES string of the molecule is CC(CNC1CC1)N1CCC2(CCCC2)CC1. The maximum atomic E-state index is 3.67. The zero-order chi connectivity index (χ0) is 11.7. The van der Waals surface area contributed by atoms with Gasteiger partial charge in [-0.2, -0.15) is 0 Å². The summed E-state index contributed by atoms with van der Waals surface area (Å²) in [5, 5.41) is 3.67. The monoisotopic (exact) mass is 236 g/mol. The highest BCUT2D eigenvalue weighted by Crippen LogP contribution is 2.46. The fourth-order valence-electron chi connectivity index (χ4n) is 3.82. The molecular formula is C15H28N2. The number of hydrogen-bond donors (Lipinski definition) is 1. The zero-order valence-corrected chi connectivity index (χ0v) is 11.4. The third kappa shape index (κ3) is 2.85. The first-order valence-electron chi connectivity index (χ1n) is 7.75. The van der Waals surface area contributed by atoms with Gasteiger partial charge in [0.2, 0.25) is 0 Å². The van der Waals surface area contributed by atoms with Crippen LogP contribution in [0.3, 0.4) is 0 Å². The Morgan fingerprint density at radius 3 is 2.35 bits per heavy atom. The van der Waals surface area contributed by atoms with Crippen LogP contribution in [0.2, 0.25) is 0 Å². The van der Waals surface area contributed by atoms with Crippen LogP contribution in [0.15, 0.2) is 0 Å². The highest BCUT2D eigenvalue weighted by atomic mass is 15.2. The van der Waals surface area contributed by atoms with Crippen LogP contribution in [0, 0.1) is 5.41 Å². The Morgan fingerprint density at radius 2 is 1.76 bits per heavy atom. The van der Waals surface area contributed by atoms with Crippen LogP contribution in [0.4, 0.5) is 0 Å². The predicted octanol–water partition coefficient (Wildman–Crippen LogP) is 2.78. The maximum absolute atomic E-state index is 3.67. The second-order valence-corrected chi connectivity index (χ2v) is 6.77. The van der Waals surface area contributed by atoms with Crippen molar-refractivity contribution in [3.63, 3.8) is 0 Å². The minimum Gasteiger partial charge on any atom is -0.312 e. The highest BCUT2D eigenvalue weighted by molar-refractivity contribution is 4.91. The van der Waals surface area contributed by atoms with Gasteiger partial charge in [0, 0.05) is 18.6 Å². The minimum absolute atomic E-state index is 0.745.